The van der Waals surface area contributed by atoms with Crippen molar-refractivity contribution in [2.24, 2.45) is 5.73 Å². The summed E-state index contributed by atoms with van der Waals surface area (Å²) in [5.41, 5.74) is 6.41. The smallest absolute Gasteiger partial charge is 0.134 e. The van der Waals surface area contributed by atoms with E-state index in [0.717, 1.165) is 4.47 Å². The first-order valence-electron chi connectivity index (χ1n) is 4.10. The fraction of sp³-hybridized carbons (Fsp3) is 0.333. The molecule has 0 spiro atoms. The van der Waals surface area contributed by atoms with Gasteiger partial charge in [-0.15, -0.1) is 12.4 Å². The number of phenolic OH excluding ortho intramolecular Hbond substituents is 1. The minimum atomic E-state index is -0.353. The third-order valence-corrected chi connectivity index (χ3v) is 2.96. The molecule has 1 rings (SSSR count). The molecule has 0 fully saturated rings. The molecule has 0 aliphatic rings. The highest BCUT2D eigenvalue weighted by Crippen LogP contribution is 2.35. The average Bonchev–Trinajstić information content (AvgIpc) is 2.11. The maximum Gasteiger partial charge on any atom is 0.134 e. The molecule has 0 bridgehead atoms. The second kappa shape index (κ2) is 6.70. The predicted octanol–water partition coefficient (Wildman–Crippen LogP) is 2.72. The van der Waals surface area contributed by atoms with Gasteiger partial charge in [0, 0.05) is 22.7 Å². The van der Waals surface area contributed by atoms with Crippen LogP contribution in [0.25, 0.3) is 0 Å². The number of aliphatic hydroxyl groups is 1. The quantitative estimate of drug-likeness (QED) is 0.776. The minimum absolute atomic E-state index is 0. The van der Waals surface area contributed by atoms with Gasteiger partial charge in [0.1, 0.15) is 5.75 Å². The molecule has 0 radical (unpaired) electrons. The number of aromatic hydroxyl groups is 1. The minimum Gasteiger partial charge on any atom is -0.506 e. The lowest BCUT2D eigenvalue weighted by molar-refractivity contribution is 0.275. The van der Waals surface area contributed by atoms with Gasteiger partial charge in [-0.25, -0.2) is 0 Å². The highest BCUT2D eigenvalue weighted by atomic mass is 79.9. The number of rotatable bonds is 3. The van der Waals surface area contributed by atoms with Crippen LogP contribution in [0.4, 0.5) is 0 Å². The van der Waals surface area contributed by atoms with E-state index >= 15 is 0 Å². The number of hydrogen-bond acceptors (Lipinski definition) is 3. The summed E-state index contributed by atoms with van der Waals surface area (Å²) in [6, 6.07) is 3.14. The maximum absolute atomic E-state index is 9.69. The van der Waals surface area contributed by atoms with Gasteiger partial charge in [-0.2, -0.15) is 0 Å². The fourth-order valence-corrected chi connectivity index (χ4v) is 2.42. The molecule has 86 valence electrons. The van der Waals surface area contributed by atoms with Gasteiger partial charge in [-0.1, -0.05) is 15.9 Å². The number of hydrogen-bond donors (Lipinski definition) is 3. The van der Waals surface area contributed by atoms with Crippen molar-refractivity contribution in [2.75, 3.05) is 6.61 Å². The first kappa shape index (κ1) is 15.2. The lowest BCUT2D eigenvalue weighted by Crippen LogP contribution is -2.12. The zero-order chi connectivity index (χ0) is 10.7. The van der Waals surface area contributed by atoms with Crippen LogP contribution in [0, 0.1) is 0 Å². The molecule has 4 N–H and O–H groups in total. The van der Waals surface area contributed by atoms with Gasteiger partial charge in [0.15, 0.2) is 0 Å². The Kier molecular flexibility index (Phi) is 6.79. The Morgan fingerprint density at radius 1 is 1.33 bits per heavy atom. The predicted molar refractivity (Wildman–Crippen MR) is 69.4 cm³/mol. The van der Waals surface area contributed by atoms with Crippen LogP contribution in [0.2, 0.25) is 0 Å². The van der Waals surface area contributed by atoms with Crippen molar-refractivity contribution < 1.29 is 10.2 Å². The van der Waals surface area contributed by atoms with Crippen molar-refractivity contribution in [3.8, 4) is 5.75 Å². The molecular formula is C9H12Br2ClNO2. The lowest BCUT2D eigenvalue weighted by Gasteiger charge is -2.13. The Hall–Kier alpha value is 0.190. The summed E-state index contributed by atoms with van der Waals surface area (Å²) in [6.07, 6.45) is 0.427. The van der Waals surface area contributed by atoms with Crippen LogP contribution in [0.3, 0.4) is 0 Å². The van der Waals surface area contributed by atoms with Crippen LogP contribution in [0.15, 0.2) is 21.1 Å². The number of benzene rings is 1. The molecule has 15 heavy (non-hydrogen) atoms. The Morgan fingerprint density at radius 2 is 1.93 bits per heavy atom. The standard InChI is InChI=1S/C9H11Br2NO2.ClH/c10-5-3-6(8(12)1-2-13)9(14)7(11)4-5;/h3-4,8,13-14H,1-2,12H2;1H/t8-;/m1./s1. The molecule has 0 saturated heterocycles. The molecule has 6 heteroatoms. The number of halogens is 3. The fourth-order valence-electron chi connectivity index (χ4n) is 1.16. The van der Waals surface area contributed by atoms with Gasteiger partial charge in [0.2, 0.25) is 0 Å². The molecule has 0 heterocycles. The normalized spacial score (nSPS) is 12.0. The number of phenols is 1. The molecule has 0 aliphatic carbocycles. The van der Waals surface area contributed by atoms with Crippen molar-refractivity contribution in [3.05, 3.63) is 26.6 Å². The molecular weight excluding hydrogens is 349 g/mol. The average molecular weight is 361 g/mol. The van der Waals surface area contributed by atoms with E-state index < -0.39 is 0 Å². The number of aliphatic hydroxyl groups excluding tert-OH is 1. The molecule has 0 unspecified atom stereocenters. The molecule has 1 aromatic rings. The highest BCUT2D eigenvalue weighted by molar-refractivity contribution is 9.11. The van der Waals surface area contributed by atoms with E-state index in [9.17, 15) is 5.11 Å². The summed E-state index contributed by atoms with van der Waals surface area (Å²) < 4.78 is 1.43. The van der Waals surface area contributed by atoms with Crippen molar-refractivity contribution in [1.29, 1.82) is 0 Å². The van der Waals surface area contributed by atoms with Crippen LogP contribution in [0.5, 0.6) is 5.75 Å². The van der Waals surface area contributed by atoms with Crippen LogP contribution >= 0.6 is 44.3 Å². The van der Waals surface area contributed by atoms with E-state index in [1.165, 1.54) is 0 Å². The molecule has 0 aliphatic heterocycles. The Bertz CT molecular complexity index is 336. The SMILES string of the molecule is Cl.N[C@H](CCO)c1cc(Br)cc(Br)c1O. The van der Waals surface area contributed by atoms with Crippen molar-refractivity contribution in [3.63, 3.8) is 0 Å². The van der Waals surface area contributed by atoms with Gasteiger partial charge in [-0.3, -0.25) is 0 Å². The zero-order valence-electron chi connectivity index (χ0n) is 7.78. The second-order valence-electron chi connectivity index (χ2n) is 2.94. The van der Waals surface area contributed by atoms with Gasteiger partial charge < -0.3 is 15.9 Å². The van der Waals surface area contributed by atoms with Crippen LogP contribution in [-0.2, 0) is 0 Å². The van der Waals surface area contributed by atoms with Gasteiger partial charge in [0.25, 0.3) is 0 Å². The third kappa shape index (κ3) is 3.92. The van der Waals surface area contributed by atoms with E-state index in [-0.39, 0.29) is 30.8 Å². The van der Waals surface area contributed by atoms with Crippen molar-refractivity contribution in [1.82, 2.24) is 0 Å². The highest BCUT2D eigenvalue weighted by Gasteiger charge is 2.13. The Balaban J connectivity index is 0.00000196. The molecule has 0 amide bonds. The first-order valence-corrected chi connectivity index (χ1v) is 5.69. The van der Waals surface area contributed by atoms with E-state index in [1.807, 2.05) is 0 Å². The van der Waals surface area contributed by atoms with Crippen LogP contribution in [0.1, 0.15) is 18.0 Å². The Labute approximate surface area is 111 Å². The number of nitrogens with two attached hydrogens (primary N) is 1. The van der Waals surface area contributed by atoms with Gasteiger partial charge in [0.05, 0.1) is 4.47 Å². The molecule has 1 atom stereocenters. The summed E-state index contributed by atoms with van der Waals surface area (Å²) in [5.74, 6) is 0.133. The zero-order valence-corrected chi connectivity index (χ0v) is 11.8. The van der Waals surface area contributed by atoms with E-state index in [4.69, 9.17) is 10.8 Å². The second-order valence-corrected chi connectivity index (χ2v) is 4.71. The Morgan fingerprint density at radius 3 is 2.47 bits per heavy atom. The van der Waals surface area contributed by atoms with Crippen molar-refractivity contribution >= 4 is 44.3 Å². The van der Waals surface area contributed by atoms with Crippen LogP contribution in [-0.4, -0.2) is 16.8 Å². The molecule has 0 saturated carbocycles. The van der Waals surface area contributed by atoms with E-state index in [2.05, 4.69) is 31.9 Å². The van der Waals surface area contributed by atoms with E-state index in [1.54, 1.807) is 12.1 Å². The molecule has 0 aromatic heterocycles. The topological polar surface area (TPSA) is 66.5 Å². The monoisotopic (exact) mass is 359 g/mol. The largest absolute Gasteiger partial charge is 0.506 e. The van der Waals surface area contributed by atoms with E-state index in [0.29, 0.717) is 16.5 Å². The summed E-state index contributed by atoms with van der Waals surface area (Å²) in [5, 5.41) is 18.4. The summed E-state index contributed by atoms with van der Waals surface area (Å²) in [4.78, 5) is 0. The summed E-state index contributed by atoms with van der Waals surface area (Å²) >= 11 is 6.53. The molecule has 3 nitrogen and oxygen atoms in total. The van der Waals surface area contributed by atoms with Gasteiger partial charge >= 0.3 is 0 Å². The van der Waals surface area contributed by atoms with Gasteiger partial charge in [-0.05, 0) is 34.5 Å². The van der Waals surface area contributed by atoms with Crippen LogP contribution < -0.4 is 5.73 Å². The maximum atomic E-state index is 9.69. The summed E-state index contributed by atoms with van der Waals surface area (Å²) in [7, 11) is 0. The van der Waals surface area contributed by atoms with Crippen molar-refractivity contribution in [2.45, 2.75) is 12.5 Å². The third-order valence-electron chi connectivity index (χ3n) is 1.90. The summed E-state index contributed by atoms with van der Waals surface area (Å²) in [6.45, 7) is 0.00470. The molecule has 1 aromatic carbocycles. The lowest BCUT2D eigenvalue weighted by atomic mass is 10.0. The first-order chi connectivity index (χ1) is 6.56.